The van der Waals surface area contributed by atoms with Crippen LogP contribution in [-0.2, 0) is 23.5 Å². The predicted molar refractivity (Wildman–Crippen MR) is 69.0 cm³/mol. The molecule has 0 aliphatic carbocycles. The third kappa shape index (κ3) is 2.95. The molecule has 2 aromatic rings. The van der Waals surface area contributed by atoms with E-state index in [2.05, 4.69) is 14.1 Å². The Morgan fingerprint density at radius 2 is 2.28 bits per heavy atom. The van der Waals surface area contributed by atoms with Crippen molar-refractivity contribution in [3.63, 3.8) is 0 Å². The zero-order valence-electron chi connectivity index (χ0n) is 10.1. The van der Waals surface area contributed by atoms with Crippen LogP contribution in [-0.4, -0.2) is 28.9 Å². The summed E-state index contributed by atoms with van der Waals surface area (Å²) in [6.45, 7) is 2.12. The second-order valence-corrected chi connectivity index (χ2v) is 6.73. The van der Waals surface area contributed by atoms with E-state index in [0.29, 0.717) is 18.7 Å². The summed E-state index contributed by atoms with van der Waals surface area (Å²) in [5, 5.41) is 0. The molecule has 0 aromatic carbocycles. The molecule has 0 radical (unpaired) electrons. The van der Waals surface area contributed by atoms with Crippen molar-refractivity contribution in [2.75, 3.05) is 6.54 Å². The van der Waals surface area contributed by atoms with Crippen molar-refractivity contribution >= 4 is 21.6 Å². The van der Waals surface area contributed by atoms with E-state index in [4.69, 9.17) is 0 Å². The van der Waals surface area contributed by atoms with E-state index >= 15 is 0 Å². The lowest BCUT2D eigenvalue weighted by atomic mass is 10.3. The minimum absolute atomic E-state index is 0.255. The van der Waals surface area contributed by atoms with Crippen molar-refractivity contribution in [3.05, 3.63) is 30.0 Å². The smallest absolute Gasteiger partial charge is 0.251 e. The second kappa shape index (κ2) is 5.17. The van der Waals surface area contributed by atoms with Crippen molar-refractivity contribution < 1.29 is 8.42 Å². The van der Waals surface area contributed by atoms with Gasteiger partial charge in [-0.25, -0.2) is 18.1 Å². The quantitative estimate of drug-likeness (QED) is 0.878. The second-order valence-electron chi connectivity index (χ2n) is 3.93. The first-order valence-electron chi connectivity index (χ1n) is 5.37. The Labute approximate surface area is 110 Å². The number of imidazole rings is 1. The maximum Gasteiger partial charge on any atom is 0.251 e. The van der Waals surface area contributed by atoms with Gasteiger partial charge in [-0.15, -0.1) is 0 Å². The van der Waals surface area contributed by atoms with E-state index in [1.807, 2.05) is 11.6 Å². The molecule has 98 valence electrons. The van der Waals surface area contributed by atoms with Crippen LogP contribution in [0.4, 0.5) is 0 Å². The highest BCUT2D eigenvalue weighted by Crippen LogP contribution is 2.15. The normalized spacial score (nSPS) is 11.9. The third-order valence-electron chi connectivity index (χ3n) is 2.46. The Morgan fingerprint density at radius 1 is 1.50 bits per heavy atom. The lowest BCUT2D eigenvalue weighted by Gasteiger charge is -2.04. The summed E-state index contributed by atoms with van der Waals surface area (Å²) in [4.78, 5) is 3.98. The van der Waals surface area contributed by atoms with Crippen LogP contribution >= 0.6 is 11.5 Å². The van der Waals surface area contributed by atoms with Crippen LogP contribution in [0, 0.1) is 6.92 Å². The molecule has 2 rings (SSSR count). The van der Waals surface area contributed by atoms with Gasteiger partial charge in [0.05, 0.1) is 12.0 Å². The molecule has 0 aliphatic rings. The number of hydrogen-bond donors (Lipinski definition) is 1. The van der Waals surface area contributed by atoms with E-state index in [-0.39, 0.29) is 4.21 Å². The molecule has 0 unspecified atom stereocenters. The summed E-state index contributed by atoms with van der Waals surface area (Å²) in [6, 6.07) is 1.57. The first kappa shape index (κ1) is 13.2. The lowest BCUT2D eigenvalue weighted by Crippen LogP contribution is -2.25. The van der Waals surface area contributed by atoms with Gasteiger partial charge in [-0.3, -0.25) is 0 Å². The Balaban J connectivity index is 1.96. The number of rotatable bonds is 5. The van der Waals surface area contributed by atoms with Gasteiger partial charge in [-0.2, -0.15) is 4.37 Å². The SMILES string of the molecule is Cc1cc(S(=O)(=O)NCCc2cncn2C)sn1. The van der Waals surface area contributed by atoms with Crippen molar-refractivity contribution in [1.29, 1.82) is 0 Å². The fourth-order valence-electron chi connectivity index (χ4n) is 1.48. The molecule has 0 amide bonds. The van der Waals surface area contributed by atoms with Crippen molar-refractivity contribution in [2.45, 2.75) is 17.6 Å². The van der Waals surface area contributed by atoms with Gasteiger partial charge in [-0.1, -0.05) is 0 Å². The Hall–Kier alpha value is -1.25. The number of hydrogen-bond acceptors (Lipinski definition) is 5. The molecule has 0 fully saturated rings. The summed E-state index contributed by atoms with van der Waals surface area (Å²) in [5.41, 5.74) is 1.70. The van der Waals surface area contributed by atoms with Gasteiger partial charge in [0.15, 0.2) is 4.21 Å². The highest BCUT2D eigenvalue weighted by molar-refractivity contribution is 7.91. The molecular formula is C10H14N4O2S2. The average Bonchev–Trinajstić information content (AvgIpc) is 2.89. The molecule has 1 N–H and O–H groups in total. The first-order valence-corrected chi connectivity index (χ1v) is 7.63. The molecule has 8 heteroatoms. The van der Waals surface area contributed by atoms with Crippen LogP contribution in [0.5, 0.6) is 0 Å². The highest BCUT2D eigenvalue weighted by atomic mass is 32.2. The van der Waals surface area contributed by atoms with Crippen molar-refractivity contribution in [3.8, 4) is 0 Å². The van der Waals surface area contributed by atoms with Crippen LogP contribution in [0.2, 0.25) is 0 Å². The largest absolute Gasteiger partial charge is 0.338 e. The number of aryl methyl sites for hydroxylation is 2. The molecule has 6 nitrogen and oxygen atoms in total. The number of nitrogens with zero attached hydrogens (tertiary/aromatic N) is 3. The minimum Gasteiger partial charge on any atom is -0.338 e. The molecular weight excluding hydrogens is 272 g/mol. The molecule has 0 aliphatic heterocycles. The maximum absolute atomic E-state index is 11.9. The number of nitrogens with one attached hydrogen (secondary N) is 1. The molecule has 0 atom stereocenters. The fraction of sp³-hybridized carbons (Fsp3) is 0.400. The van der Waals surface area contributed by atoms with Crippen LogP contribution in [0.25, 0.3) is 0 Å². The topological polar surface area (TPSA) is 76.9 Å². The van der Waals surface area contributed by atoms with Gasteiger partial charge < -0.3 is 4.57 Å². The standard InChI is InChI=1S/C10H14N4O2S2/c1-8-5-10(17-13-8)18(15,16)12-4-3-9-6-11-7-14(9)2/h5-7,12H,3-4H2,1-2H3. The van der Waals surface area contributed by atoms with Gasteiger partial charge in [0.25, 0.3) is 10.0 Å². The van der Waals surface area contributed by atoms with Gasteiger partial charge in [0, 0.05) is 31.9 Å². The minimum atomic E-state index is -3.43. The average molecular weight is 286 g/mol. The molecule has 0 saturated carbocycles. The number of aromatic nitrogens is 3. The van der Waals surface area contributed by atoms with Crippen molar-refractivity contribution in [2.24, 2.45) is 7.05 Å². The number of sulfonamides is 1. The molecule has 0 saturated heterocycles. The van der Waals surface area contributed by atoms with E-state index in [9.17, 15) is 8.42 Å². The van der Waals surface area contributed by atoms with E-state index < -0.39 is 10.0 Å². The zero-order chi connectivity index (χ0) is 13.2. The van der Waals surface area contributed by atoms with Gasteiger partial charge in [0.1, 0.15) is 0 Å². The van der Waals surface area contributed by atoms with Crippen LogP contribution in [0.3, 0.4) is 0 Å². The van der Waals surface area contributed by atoms with Crippen LogP contribution in [0.1, 0.15) is 11.4 Å². The summed E-state index contributed by atoms with van der Waals surface area (Å²) < 4.78 is 32.4. The molecule has 0 spiro atoms. The van der Waals surface area contributed by atoms with Gasteiger partial charge in [-0.05, 0) is 24.5 Å². The van der Waals surface area contributed by atoms with Gasteiger partial charge in [0.2, 0.25) is 0 Å². The monoisotopic (exact) mass is 286 g/mol. The van der Waals surface area contributed by atoms with Crippen LogP contribution < -0.4 is 4.72 Å². The Kier molecular flexibility index (Phi) is 3.79. The molecule has 0 bridgehead atoms. The molecule has 18 heavy (non-hydrogen) atoms. The molecule has 2 heterocycles. The van der Waals surface area contributed by atoms with E-state index in [1.165, 1.54) is 0 Å². The summed E-state index contributed by atoms with van der Waals surface area (Å²) in [6.07, 6.45) is 4.02. The summed E-state index contributed by atoms with van der Waals surface area (Å²) in [5.74, 6) is 0. The fourth-order valence-corrected chi connectivity index (χ4v) is 3.51. The third-order valence-corrected chi connectivity index (χ3v) is 5.25. The Morgan fingerprint density at radius 3 is 2.83 bits per heavy atom. The Bertz CT molecular complexity index is 630. The predicted octanol–water partition coefficient (Wildman–Crippen LogP) is 0.706. The lowest BCUT2D eigenvalue weighted by molar-refractivity contribution is 0.582. The van der Waals surface area contributed by atoms with E-state index in [0.717, 1.165) is 17.2 Å². The van der Waals surface area contributed by atoms with Crippen molar-refractivity contribution in [1.82, 2.24) is 18.6 Å². The summed E-state index contributed by atoms with van der Waals surface area (Å²) >= 11 is 0.990. The summed E-state index contributed by atoms with van der Waals surface area (Å²) in [7, 11) is -1.55. The molecule has 2 aromatic heterocycles. The van der Waals surface area contributed by atoms with Crippen LogP contribution in [0.15, 0.2) is 22.8 Å². The van der Waals surface area contributed by atoms with Gasteiger partial charge >= 0.3 is 0 Å². The zero-order valence-corrected chi connectivity index (χ0v) is 11.8. The highest BCUT2D eigenvalue weighted by Gasteiger charge is 2.16. The van der Waals surface area contributed by atoms with E-state index in [1.54, 1.807) is 25.5 Å². The first-order chi connectivity index (χ1) is 8.49. The maximum atomic E-state index is 11.9.